The first-order valence-corrected chi connectivity index (χ1v) is 7.39. The quantitative estimate of drug-likeness (QED) is 0.654. The van der Waals surface area contributed by atoms with Crippen LogP contribution in [0.5, 0.6) is 0 Å². The second-order valence-electron chi connectivity index (χ2n) is 4.05. The standard InChI is InChI=1S/C10H21NO2S/c1-2-3-4-5-6-11-7-9-14(12,13)10-8-11/h2-10H2,1H3. The zero-order chi connectivity index (χ0) is 10.4. The lowest BCUT2D eigenvalue weighted by atomic mass is 10.2. The zero-order valence-electron chi connectivity index (χ0n) is 9.04. The Morgan fingerprint density at radius 3 is 2.29 bits per heavy atom. The van der Waals surface area contributed by atoms with Crippen LogP contribution in [0.25, 0.3) is 0 Å². The summed E-state index contributed by atoms with van der Waals surface area (Å²) in [7, 11) is -2.69. The van der Waals surface area contributed by atoms with Gasteiger partial charge in [-0.3, -0.25) is 0 Å². The van der Waals surface area contributed by atoms with E-state index in [1.807, 2.05) is 0 Å². The molecule has 0 aromatic carbocycles. The van der Waals surface area contributed by atoms with E-state index in [2.05, 4.69) is 11.8 Å². The Morgan fingerprint density at radius 1 is 1.07 bits per heavy atom. The van der Waals surface area contributed by atoms with Gasteiger partial charge < -0.3 is 4.90 Å². The summed E-state index contributed by atoms with van der Waals surface area (Å²) < 4.78 is 22.3. The third-order valence-corrected chi connectivity index (χ3v) is 4.37. The number of rotatable bonds is 5. The summed E-state index contributed by atoms with van der Waals surface area (Å²) in [5, 5.41) is 0. The van der Waals surface area contributed by atoms with Gasteiger partial charge in [-0.1, -0.05) is 26.2 Å². The third-order valence-electron chi connectivity index (χ3n) is 2.76. The van der Waals surface area contributed by atoms with Crippen LogP contribution in [-0.2, 0) is 9.84 Å². The Balaban J connectivity index is 2.10. The van der Waals surface area contributed by atoms with Crippen LogP contribution in [0.4, 0.5) is 0 Å². The average Bonchev–Trinajstić information content (AvgIpc) is 2.15. The van der Waals surface area contributed by atoms with Gasteiger partial charge in [0.2, 0.25) is 0 Å². The average molecular weight is 219 g/mol. The van der Waals surface area contributed by atoms with Gasteiger partial charge in [-0.25, -0.2) is 8.42 Å². The summed E-state index contributed by atoms with van der Waals surface area (Å²) in [6.07, 6.45) is 5.05. The van der Waals surface area contributed by atoms with E-state index in [0.717, 1.165) is 19.6 Å². The van der Waals surface area contributed by atoms with E-state index in [9.17, 15) is 8.42 Å². The molecule has 0 radical (unpaired) electrons. The second kappa shape index (κ2) is 5.71. The Morgan fingerprint density at radius 2 is 1.71 bits per heavy atom. The summed E-state index contributed by atoms with van der Waals surface area (Å²) >= 11 is 0. The van der Waals surface area contributed by atoms with E-state index >= 15 is 0 Å². The molecule has 4 heteroatoms. The highest BCUT2D eigenvalue weighted by molar-refractivity contribution is 7.91. The van der Waals surface area contributed by atoms with Crippen LogP contribution >= 0.6 is 0 Å². The van der Waals surface area contributed by atoms with Crippen LogP contribution in [0.3, 0.4) is 0 Å². The first kappa shape index (κ1) is 12.0. The van der Waals surface area contributed by atoms with Crippen molar-refractivity contribution in [3.63, 3.8) is 0 Å². The molecule has 1 aliphatic heterocycles. The van der Waals surface area contributed by atoms with Gasteiger partial charge >= 0.3 is 0 Å². The molecule has 1 fully saturated rings. The molecule has 0 N–H and O–H groups in total. The van der Waals surface area contributed by atoms with Crippen molar-refractivity contribution in [1.29, 1.82) is 0 Å². The summed E-state index contributed by atoms with van der Waals surface area (Å²) in [5.41, 5.74) is 0. The second-order valence-corrected chi connectivity index (χ2v) is 6.36. The van der Waals surface area contributed by atoms with Gasteiger partial charge in [0.05, 0.1) is 11.5 Å². The highest BCUT2D eigenvalue weighted by Crippen LogP contribution is 2.06. The van der Waals surface area contributed by atoms with Gasteiger partial charge in [-0.15, -0.1) is 0 Å². The van der Waals surface area contributed by atoms with Crippen LogP contribution in [0.1, 0.15) is 32.6 Å². The predicted octanol–water partition coefficient (Wildman–Crippen LogP) is 1.30. The van der Waals surface area contributed by atoms with E-state index in [1.165, 1.54) is 25.7 Å². The summed E-state index contributed by atoms with van der Waals surface area (Å²) in [6, 6.07) is 0. The van der Waals surface area contributed by atoms with Crippen molar-refractivity contribution in [2.75, 3.05) is 31.1 Å². The van der Waals surface area contributed by atoms with Gasteiger partial charge in [-0.05, 0) is 13.0 Å². The maximum atomic E-state index is 11.1. The lowest BCUT2D eigenvalue weighted by molar-refractivity contribution is 0.288. The molecule has 1 rings (SSSR count). The van der Waals surface area contributed by atoms with E-state index in [4.69, 9.17) is 0 Å². The Kier molecular flexibility index (Phi) is 4.89. The summed E-state index contributed by atoms with van der Waals surface area (Å²) in [5.74, 6) is 0.724. The minimum absolute atomic E-state index is 0.362. The molecule has 0 aliphatic carbocycles. The summed E-state index contributed by atoms with van der Waals surface area (Å²) in [4.78, 5) is 2.27. The van der Waals surface area contributed by atoms with E-state index < -0.39 is 9.84 Å². The Hall–Kier alpha value is -0.0900. The van der Waals surface area contributed by atoms with E-state index in [1.54, 1.807) is 0 Å². The predicted molar refractivity (Wildman–Crippen MR) is 59.2 cm³/mol. The SMILES string of the molecule is CCCCCCN1CCS(=O)(=O)CC1. The smallest absolute Gasteiger partial charge is 0.152 e. The Labute approximate surface area is 87.4 Å². The molecule has 0 amide bonds. The van der Waals surface area contributed by atoms with Gasteiger partial charge in [0.1, 0.15) is 0 Å². The van der Waals surface area contributed by atoms with Crippen LogP contribution in [-0.4, -0.2) is 44.5 Å². The Bertz CT molecular complexity index is 235. The molecule has 0 aromatic rings. The topological polar surface area (TPSA) is 37.4 Å². The molecular weight excluding hydrogens is 198 g/mol. The van der Waals surface area contributed by atoms with Crippen molar-refractivity contribution < 1.29 is 8.42 Å². The number of hydrogen-bond acceptors (Lipinski definition) is 3. The monoisotopic (exact) mass is 219 g/mol. The molecule has 0 atom stereocenters. The van der Waals surface area contributed by atoms with Crippen LogP contribution in [0.2, 0.25) is 0 Å². The van der Waals surface area contributed by atoms with Crippen LogP contribution in [0.15, 0.2) is 0 Å². The number of hydrogen-bond donors (Lipinski definition) is 0. The molecule has 84 valence electrons. The van der Waals surface area contributed by atoms with Crippen LogP contribution in [0, 0.1) is 0 Å². The van der Waals surface area contributed by atoms with Gasteiger partial charge in [0, 0.05) is 13.1 Å². The van der Waals surface area contributed by atoms with E-state index in [0.29, 0.717) is 11.5 Å². The minimum Gasteiger partial charge on any atom is -0.301 e. The van der Waals surface area contributed by atoms with Gasteiger partial charge in [-0.2, -0.15) is 0 Å². The molecule has 0 spiro atoms. The molecule has 0 aromatic heterocycles. The third kappa shape index (κ3) is 4.42. The molecule has 0 unspecified atom stereocenters. The normalized spacial score (nSPS) is 22.4. The lowest BCUT2D eigenvalue weighted by Crippen LogP contribution is -2.40. The highest BCUT2D eigenvalue weighted by Gasteiger charge is 2.20. The number of unbranched alkanes of at least 4 members (excludes halogenated alkanes) is 3. The van der Waals surface area contributed by atoms with Crippen molar-refractivity contribution in [2.45, 2.75) is 32.6 Å². The largest absolute Gasteiger partial charge is 0.301 e. The van der Waals surface area contributed by atoms with Crippen LogP contribution < -0.4 is 0 Å². The van der Waals surface area contributed by atoms with Gasteiger partial charge in [0.15, 0.2) is 9.84 Å². The summed E-state index contributed by atoms with van der Waals surface area (Å²) in [6.45, 7) is 4.77. The zero-order valence-corrected chi connectivity index (χ0v) is 9.85. The maximum Gasteiger partial charge on any atom is 0.152 e. The van der Waals surface area contributed by atoms with Crippen molar-refractivity contribution >= 4 is 9.84 Å². The fraction of sp³-hybridized carbons (Fsp3) is 1.00. The molecule has 1 saturated heterocycles. The molecule has 1 aliphatic rings. The molecule has 3 nitrogen and oxygen atoms in total. The fourth-order valence-electron chi connectivity index (χ4n) is 1.74. The minimum atomic E-state index is -2.69. The fourth-order valence-corrected chi connectivity index (χ4v) is 3.01. The number of sulfone groups is 1. The lowest BCUT2D eigenvalue weighted by Gasteiger charge is -2.26. The van der Waals surface area contributed by atoms with E-state index in [-0.39, 0.29) is 0 Å². The van der Waals surface area contributed by atoms with Crippen molar-refractivity contribution in [3.8, 4) is 0 Å². The molecular formula is C10H21NO2S. The first-order chi connectivity index (χ1) is 6.64. The molecule has 0 bridgehead atoms. The van der Waals surface area contributed by atoms with Crippen molar-refractivity contribution in [3.05, 3.63) is 0 Å². The van der Waals surface area contributed by atoms with Crippen molar-refractivity contribution in [2.24, 2.45) is 0 Å². The maximum absolute atomic E-state index is 11.1. The molecule has 0 saturated carbocycles. The highest BCUT2D eigenvalue weighted by atomic mass is 32.2. The van der Waals surface area contributed by atoms with Gasteiger partial charge in [0.25, 0.3) is 0 Å². The molecule has 1 heterocycles. The van der Waals surface area contributed by atoms with Crippen molar-refractivity contribution in [1.82, 2.24) is 4.90 Å². The molecule has 14 heavy (non-hydrogen) atoms. The first-order valence-electron chi connectivity index (χ1n) is 5.57. The number of nitrogens with zero attached hydrogens (tertiary/aromatic N) is 1.